The van der Waals surface area contributed by atoms with Gasteiger partial charge in [0.2, 0.25) is 5.69 Å². The number of anilines is 1. The molecule has 1 unspecified atom stereocenters. The zero-order valence-electron chi connectivity index (χ0n) is 17.6. The number of piperidine rings is 1. The first kappa shape index (κ1) is 20.5. The Labute approximate surface area is 180 Å². The van der Waals surface area contributed by atoms with Gasteiger partial charge in [-0.05, 0) is 48.6 Å². The Morgan fingerprint density at radius 3 is 2.74 bits per heavy atom. The molecule has 3 heterocycles. The Kier molecular flexibility index (Phi) is 5.92. The summed E-state index contributed by atoms with van der Waals surface area (Å²) in [5, 5.41) is 10.6. The lowest BCUT2D eigenvalue weighted by atomic mass is 9.96. The second kappa shape index (κ2) is 8.95. The van der Waals surface area contributed by atoms with Crippen LogP contribution in [-0.2, 0) is 0 Å². The predicted octanol–water partition coefficient (Wildman–Crippen LogP) is 2.28. The number of pyridine rings is 1. The number of benzene rings is 1. The van der Waals surface area contributed by atoms with Crippen LogP contribution in [0, 0.1) is 0 Å². The third-order valence-electron chi connectivity index (χ3n) is 5.42. The van der Waals surface area contributed by atoms with Gasteiger partial charge in [-0.1, -0.05) is 18.2 Å². The average Bonchev–Trinajstić information content (AvgIpc) is 3.18. The molecule has 1 aliphatic heterocycles. The number of likely N-dealkylation sites (tertiary alicyclic amines) is 1. The van der Waals surface area contributed by atoms with Crippen molar-refractivity contribution in [3.8, 4) is 0 Å². The van der Waals surface area contributed by atoms with Crippen LogP contribution < -0.4 is 10.5 Å². The maximum atomic E-state index is 13.1. The molecular formula is C22H25N7O2. The van der Waals surface area contributed by atoms with Gasteiger partial charge in [-0.15, -0.1) is 9.89 Å². The number of aromatic nitrogens is 4. The molecule has 0 aliphatic carbocycles. The van der Waals surface area contributed by atoms with Crippen LogP contribution in [0.2, 0.25) is 0 Å². The van der Waals surface area contributed by atoms with Gasteiger partial charge in [-0.3, -0.25) is 14.6 Å². The van der Waals surface area contributed by atoms with Gasteiger partial charge < -0.3 is 9.80 Å². The Bertz CT molecular complexity index is 1120. The van der Waals surface area contributed by atoms with Gasteiger partial charge in [0.05, 0.1) is 12.3 Å². The summed E-state index contributed by atoms with van der Waals surface area (Å²) in [6.45, 7) is 0.576. The first-order valence-electron chi connectivity index (χ1n) is 10.2. The quantitative estimate of drug-likeness (QED) is 0.640. The Morgan fingerprint density at radius 2 is 2.03 bits per heavy atom. The van der Waals surface area contributed by atoms with Gasteiger partial charge in [-0.2, -0.15) is 10.3 Å². The summed E-state index contributed by atoms with van der Waals surface area (Å²) in [4.78, 5) is 34.8. The van der Waals surface area contributed by atoms with E-state index in [1.54, 1.807) is 23.5 Å². The van der Waals surface area contributed by atoms with Crippen molar-refractivity contribution in [1.29, 1.82) is 0 Å². The standard InChI is InChI=1S/C22H25N7O2/c1-27(2)18-10-8-16(9-11-18)14-24-29-22(31)20(25-26-29)21(30)28-13-4-3-7-19(28)17-6-5-12-23-15-17/h5-6,8-12,14-15,19,26H,3-4,7,13H2,1-2H3. The highest BCUT2D eigenvalue weighted by atomic mass is 16.2. The van der Waals surface area contributed by atoms with Crippen LogP contribution in [0.3, 0.4) is 0 Å². The summed E-state index contributed by atoms with van der Waals surface area (Å²) >= 11 is 0. The van der Waals surface area contributed by atoms with Crippen LogP contribution in [0.25, 0.3) is 0 Å². The van der Waals surface area contributed by atoms with Crippen LogP contribution in [-0.4, -0.2) is 57.7 Å². The number of hydrogen-bond donors (Lipinski definition) is 1. The number of rotatable bonds is 5. The largest absolute Gasteiger partial charge is 0.378 e. The van der Waals surface area contributed by atoms with E-state index in [-0.39, 0.29) is 17.6 Å². The highest BCUT2D eigenvalue weighted by molar-refractivity contribution is 5.92. The molecule has 1 amide bonds. The Hall–Kier alpha value is -3.75. The second-order valence-electron chi connectivity index (χ2n) is 7.70. The normalized spacial score (nSPS) is 16.6. The van der Waals surface area contributed by atoms with Gasteiger partial charge in [0, 0.05) is 38.7 Å². The van der Waals surface area contributed by atoms with E-state index in [4.69, 9.17) is 0 Å². The van der Waals surface area contributed by atoms with Crippen molar-refractivity contribution >= 4 is 17.8 Å². The fourth-order valence-electron chi connectivity index (χ4n) is 3.72. The van der Waals surface area contributed by atoms with Crippen molar-refractivity contribution in [3.05, 3.63) is 76.0 Å². The molecule has 1 saturated heterocycles. The fraction of sp³-hybridized carbons (Fsp3) is 0.318. The number of aromatic amines is 1. The predicted molar refractivity (Wildman–Crippen MR) is 118 cm³/mol. The maximum absolute atomic E-state index is 13.1. The Morgan fingerprint density at radius 1 is 1.23 bits per heavy atom. The molecule has 0 spiro atoms. The van der Waals surface area contributed by atoms with E-state index in [0.29, 0.717) is 6.54 Å². The van der Waals surface area contributed by atoms with Crippen LogP contribution in [0.4, 0.5) is 5.69 Å². The third kappa shape index (κ3) is 4.40. The van der Waals surface area contributed by atoms with Gasteiger partial charge in [-0.25, -0.2) is 0 Å². The molecule has 9 nitrogen and oxygen atoms in total. The second-order valence-corrected chi connectivity index (χ2v) is 7.70. The molecule has 1 N–H and O–H groups in total. The summed E-state index contributed by atoms with van der Waals surface area (Å²) in [6, 6.07) is 11.4. The first-order valence-corrected chi connectivity index (χ1v) is 10.2. The van der Waals surface area contributed by atoms with E-state index in [0.717, 1.165) is 40.9 Å². The number of nitrogens with one attached hydrogen (secondary N) is 1. The first-order chi connectivity index (χ1) is 15.0. The van der Waals surface area contributed by atoms with E-state index >= 15 is 0 Å². The molecule has 2 aromatic heterocycles. The molecule has 1 fully saturated rings. The van der Waals surface area contributed by atoms with Crippen molar-refractivity contribution in [3.63, 3.8) is 0 Å². The molecule has 160 valence electrons. The van der Waals surface area contributed by atoms with Gasteiger partial charge in [0.25, 0.3) is 5.91 Å². The van der Waals surface area contributed by atoms with E-state index in [1.165, 1.54) is 0 Å². The lowest BCUT2D eigenvalue weighted by Crippen LogP contribution is -2.40. The minimum absolute atomic E-state index is 0.113. The SMILES string of the molecule is CN(C)c1ccc(C=Nn2[nH]nc(C(=O)N3CCCCC3c3cccnc3)c2=O)cc1. The topological polar surface area (TPSA) is 99.5 Å². The van der Waals surface area contributed by atoms with Crippen molar-refractivity contribution in [2.24, 2.45) is 5.10 Å². The summed E-state index contributed by atoms with van der Waals surface area (Å²) in [5.41, 5.74) is 2.13. The van der Waals surface area contributed by atoms with Crippen molar-refractivity contribution in [1.82, 2.24) is 25.0 Å². The molecule has 3 aromatic rings. The van der Waals surface area contributed by atoms with Crippen LogP contribution in [0.1, 0.15) is 46.9 Å². The molecule has 4 rings (SSSR count). The minimum Gasteiger partial charge on any atom is -0.378 e. The zero-order chi connectivity index (χ0) is 21.8. The highest BCUT2D eigenvalue weighted by Gasteiger charge is 2.32. The molecule has 0 bridgehead atoms. The lowest BCUT2D eigenvalue weighted by molar-refractivity contribution is 0.0603. The summed E-state index contributed by atoms with van der Waals surface area (Å²) < 4.78 is 0. The maximum Gasteiger partial charge on any atom is 0.320 e. The van der Waals surface area contributed by atoms with E-state index in [2.05, 4.69) is 20.4 Å². The molecular weight excluding hydrogens is 394 g/mol. The number of nitrogens with zero attached hydrogens (tertiary/aromatic N) is 6. The van der Waals surface area contributed by atoms with Crippen LogP contribution in [0.5, 0.6) is 0 Å². The minimum atomic E-state index is -0.568. The zero-order valence-corrected chi connectivity index (χ0v) is 17.6. The number of carbonyl (C=O) groups excluding carboxylic acids is 1. The van der Waals surface area contributed by atoms with Gasteiger partial charge in [0.15, 0.2) is 0 Å². The highest BCUT2D eigenvalue weighted by Crippen LogP contribution is 2.31. The molecule has 31 heavy (non-hydrogen) atoms. The fourth-order valence-corrected chi connectivity index (χ4v) is 3.72. The molecule has 1 atom stereocenters. The molecule has 9 heteroatoms. The van der Waals surface area contributed by atoms with Gasteiger partial charge in [0.1, 0.15) is 0 Å². The van der Waals surface area contributed by atoms with E-state index in [9.17, 15) is 9.59 Å². The number of H-pyrrole nitrogens is 1. The monoisotopic (exact) mass is 419 g/mol. The molecule has 0 saturated carbocycles. The molecule has 0 radical (unpaired) electrons. The summed E-state index contributed by atoms with van der Waals surface area (Å²) in [7, 11) is 3.93. The van der Waals surface area contributed by atoms with Crippen molar-refractivity contribution < 1.29 is 4.79 Å². The average molecular weight is 419 g/mol. The third-order valence-corrected chi connectivity index (χ3v) is 5.42. The number of hydrogen-bond acceptors (Lipinski definition) is 6. The summed E-state index contributed by atoms with van der Waals surface area (Å²) in [5.74, 6) is -0.390. The summed E-state index contributed by atoms with van der Waals surface area (Å²) in [6.07, 6.45) is 7.76. The smallest absolute Gasteiger partial charge is 0.320 e. The molecule has 1 aromatic carbocycles. The van der Waals surface area contributed by atoms with Crippen LogP contribution in [0.15, 0.2) is 58.7 Å². The lowest BCUT2D eigenvalue weighted by Gasteiger charge is -2.35. The number of carbonyl (C=O) groups is 1. The van der Waals surface area contributed by atoms with Crippen LogP contribution >= 0.6 is 0 Å². The van der Waals surface area contributed by atoms with Crippen molar-refractivity contribution in [2.45, 2.75) is 25.3 Å². The number of amides is 1. The van der Waals surface area contributed by atoms with E-state index < -0.39 is 5.56 Å². The van der Waals surface area contributed by atoms with E-state index in [1.807, 2.05) is 55.4 Å². The Balaban J connectivity index is 1.54. The van der Waals surface area contributed by atoms with Gasteiger partial charge >= 0.3 is 5.56 Å². The van der Waals surface area contributed by atoms with Crippen molar-refractivity contribution in [2.75, 3.05) is 25.5 Å². The molecule has 1 aliphatic rings.